The molecule has 2 heterocycles. The standard InChI is InChI=1S/C14H16N2O5S/c17-13(18)12-9-22(20,21)8-7-16(12)14(19)15-6-5-10-3-1-2-4-11(10)15/h1-4,12H,5-9H2,(H,17,18). The van der Waals surface area contributed by atoms with Crippen molar-refractivity contribution in [2.75, 3.05) is 29.5 Å². The molecule has 1 fully saturated rings. The highest BCUT2D eigenvalue weighted by Gasteiger charge is 2.41. The Morgan fingerprint density at radius 1 is 1.18 bits per heavy atom. The van der Waals surface area contributed by atoms with Crippen molar-refractivity contribution in [2.24, 2.45) is 0 Å². The van der Waals surface area contributed by atoms with Crippen LogP contribution in [0.3, 0.4) is 0 Å². The number of hydrogen-bond donors (Lipinski definition) is 1. The molecule has 22 heavy (non-hydrogen) atoms. The van der Waals surface area contributed by atoms with Gasteiger partial charge >= 0.3 is 12.0 Å². The number of carbonyl (C=O) groups excluding carboxylic acids is 1. The first kappa shape index (κ1) is 14.8. The molecular weight excluding hydrogens is 308 g/mol. The van der Waals surface area contributed by atoms with E-state index in [1.54, 1.807) is 0 Å². The molecule has 2 aliphatic heterocycles. The Morgan fingerprint density at radius 2 is 1.91 bits per heavy atom. The first-order chi connectivity index (χ1) is 10.4. The van der Waals surface area contributed by atoms with Gasteiger partial charge in [0.05, 0.1) is 11.5 Å². The van der Waals surface area contributed by atoms with Gasteiger partial charge in [-0.25, -0.2) is 18.0 Å². The van der Waals surface area contributed by atoms with E-state index in [0.29, 0.717) is 13.0 Å². The van der Waals surface area contributed by atoms with Gasteiger partial charge in [0.1, 0.15) is 6.04 Å². The van der Waals surface area contributed by atoms with E-state index < -0.39 is 33.6 Å². The number of amides is 2. The Balaban J connectivity index is 1.87. The van der Waals surface area contributed by atoms with Gasteiger partial charge in [-0.3, -0.25) is 4.90 Å². The Morgan fingerprint density at radius 3 is 2.64 bits per heavy atom. The molecule has 1 N–H and O–H groups in total. The van der Waals surface area contributed by atoms with Crippen molar-refractivity contribution in [1.29, 1.82) is 0 Å². The number of urea groups is 1. The highest BCUT2D eigenvalue weighted by Crippen LogP contribution is 2.29. The van der Waals surface area contributed by atoms with Gasteiger partial charge in [0, 0.05) is 18.8 Å². The molecular formula is C14H16N2O5S. The van der Waals surface area contributed by atoms with Crippen LogP contribution in [0.4, 0.5) is 10.5 Å². The lowest BCUT2D eigenvalue weighted by molar-refractivity contribution is -0.141. The number of nitrogens with zero attached hydrogens (tertiary/aromatic N) is 2. The molecule has 2 amide bonds. The summed E-state index contributed by atoms with van der Waals surface area (Å²) in [6.07, 6.45) is 0.714. The van der Waals surface area contributed by atoms with Crippen LogP contribution in [-0.2, 0) is 21.1 Å². The van der Waals surface area contributed by atoms with Gasteiger partial charge in [0.2, 0.25) is 0 Å². The van der Waals surface area contributed by atoms with Gasteiger partial charge in [0.25, 0.3) is 0 Å². The molecule has 1 saturated heterocycles. The maximum absolute atomic E-state index is 12.7. The molecule has 0 bridgehead atoms. The van der Waals surface area contributed by atoms with Crippen molar-refractivity contribution in [1.82, 2.24) is 4.90 Å². The van der Waals surface area contributed by atoms with E-state index >= 15 is 0 Å². The van der Waals surface area contributed by atoms with Gasteiger partial charge in [-0.15, -0.1) is 0 Å². The van der Waals surface area contributed by atoms with Crippen LogP contribution in [0.2, 0.25) is 0 Å². The van der Waals surface area contributed by atoms with E-state index in [4.69, 9.17) is 0 Å². The minimum absolute atomic E-state index is 0.0865. The number of rotatable bonds is 1. The first-order valence-electron chi connectivity index (χ1n) is 6.98. The molecule has 0 radical (unpaired) electrons. The number of hydrogen-bond acceptors (Lipinski definition) is 4. The van der Waals surface area contributed by atoms with Crippen molar-refractivity contribution in [3.8, 4) is 0 Å². The molecule has 0 aliphatic carbocycles. The van der Waals surface area contributed by atoms with Crippen molar-refractivity contribution < 1.29 is 23.1 Å². The largest absolute Gasteiger partial charge is 0.480 e. The average molecular weight is 324 g/mol. The second-order valence-electron chi connectivity index (χ2n) is 5.47. The number of aliphatic carboxylic acids is 1. The highest BCUT2D eigenvalue weighted by atomic mass is 32.2. The maximum atomic E-state index is 12.7. The van der Waals surface area contributed by atoms with Crippen LogP contribution in [0, 0.1) is 0 Å². The minimum atomic E-state index is -3.42. The molecule has 0 spiro atoms. The molecule has 1 aromatic carbocycles. The predicted molar refractivity (Wildman–Crippen MR) is 79.7 cm³/mol. The van der Waals surface area contributed by atoms with Crippen LogP contribution in [-0.4, -0.2) is 61.1 Å². The topological polar surface area (TPSA) is 95.0 Å². The molecule has 1 unspecified atom stereocenters. The Hall–Kier alpha value is -2.09. The second-order valence-corrected chi connectivity index (χ2v) is 7.70. The van der Waals surface area contributed by atoms with Gasteiger partial charge in [-0.1, -0.05) is 18.2 Å². The normalized spacial score (nSPS) is 23.2. The lowest BCUT2D eigenvalue weighted by atomic mass is 10.2. The van der Waals surface area contributed by atoms with E-state index in [9.17, 15) is 23.1 Å². The summed E-state index contributed by atoms with van der Waals surface area (Å²) in [5.41, 5.74) is 1.80. The number of carboxylic acid groups (broad SMARTS) is 1. The van der Waals surface area contributed by atoms with Crippen LogP contribution in [0.25, 0.3) is 0 Å². The van der Waals surface area contributed by atoms with Gasteiger partial charge in [-0.05, 0) is 18.1 Å². The van der Waals surface area contributed by atoms with Crippen LogP contribution >= 0.6 is 0 Å². The Labute approximate surface area is 128 Å². The molecule has 0 saturated carbocycles. The van der Waals surface area contributed by atoms with Gasteiger partial charge in [-0.2, -0.15) is 0 Å². The van der Waals surface area contributed by atoms with Crippen molar-refractivity contribution in [2.45, 2.75) is 12.5 Å². The number of para-hydroxylation sites is 1. The number of carboxylic acids is 1. The minimum Gasteiger partial charge on any atom is -0.480 e. The summed E-state index contributed by atoms with van der Waals surface area (Å²) in [5.74, 6) is -2.01. The van der Waals surface area contributed by atoms with Crippen LogP contribution in [0.1, 0.15) is 5.56 Å². The number of anilines is 1. The van der Waals surface area contributed by atoms with E-state index in [1.165, 1.54) is 4.90 Å². The van der Waals surface area contributed by atoms with Crippen LogP contribution in [0.5, 0.6) is 0 Å². The predicted octanol–water partition coefficient (Wildman–Crippen LogP) is 0.353. The van der Waals surface area contributed by atoms with E-state index in [1.807, 2.05) is 24.3 Å². The molecule has 7 nitrogen and oxygen atoms in total. The molecule has 2 aliphatic rings. The third kappa shape index (κ3) is 2.54. The smallest absolute Gasteiger partial charge is 0.327 e. The summed E-state index contributed by atoms with van der Waals surface area (Å²) in [6.45, 7) is 0.393. The summed E-state index contributed by atoms with van der Waals surface area (Å²) in [7, 11) is -3.42. The zero-order valence-electron chi connectivity index (χ0n) is 11.8. The van der Waals surface area contributed by atoms with Gasteiger partial charge in [0.15, 0.2) is 9.84 Å². The SMILES string of the molecule is O=C(O)C1CS(=O)(=O)CCN1C(=O)N1CCc2ccccc21. The average Bonchev–Trinajstić information content (AvgIpc) is 2.89. The lowest BCUT2D eigenvalue weighted by Gasteiger charge is -2.35. The van der Waals surface area contributed by atoms with E-state index in [-0.39, 0.29) is 12.3 Å². The fourth-order valence-corrected chi connectivity index (χ4v) is 4.38. The molecule has 8 heteroatoms. The van der Waals surface area contributed by atoms with E-state index in [2.05, 4.69) is 0 Å². The third-order valence-electron chi connectivity index (χ3n) is 4.08. The van der Waals surface area contributed by atoms with Crippen LogP contribution in [0.15, 0.2) is 24.3 Å². The first-order valence-corrected chi connectivity index (χ1v) is 8.80. The van der Waals surface area contributed by atoms with Crippen molar-refractivity contribution in [3.05, 3.63) is 29.8 Å². The number of carbonyl (C=O) groups is 2. The highest BCUT2D eigenvalue weighted by molar-refractivity contribution is 7.91. The van der Waals surface area contributed by atoms with E-state index in [0.717, 1.165) is 16.2 Å². The lowest BCUT2D eigenvalue weighted by Crippen LogP contribution is -2.58. The summed E-state index contributed by atoms with van der Waals surface area (Å²) in [4.78, 5) is 26.7. The number of fused-ring (bicyclic) bond motifs is 1. The van der Waals surface area contributed by atoms with Crippen molar-refractivity contribution >= 4 is 27.5 Å². The fourth-order valence-electron chi connectivity index (χ4n) is 2.93. The second kappa shape index (κ2) is 5.28. The molecule has 3 rings (SSSR count). The maximum Gasteiger partial charge on any atom is 0.327 e. The zero-order chi connectivity index (χ0) is 15.9. The molecule has 0 aromatic heterocycles. The van der Waals surface area contributed by atoms with Crippen molar-refractivity contribution in [3.63, 3.8) is 0 Å². The summed E-state index contributed by atoms with van der Waals surface area (Å²) < 4.78 is 23.3. The van der Waals surface area contributed by atoms with Gasteiger partial charge < -0.3 is 10.0 Å². The number of sulfone groups is 1. The Bertz CT molecular complexity index is 731. The quantitative estimate of drug-likeness (QED) is 0.804. The fraction of sp³-hybridized carbons (Fsp3) is 0.429. The molecule has 1 aromatic rings. The molecule has 1 atom stereocenters. The summed E-state index contributed by atoms with van der Waals surface area (Å²) in [6, 6.07) is 5.70. The number of benzene rings is 1. The third-order valence-corrected chi connectivity index (χ3v) is 5.71. The van der Waals surface area contributed by atoms with Crippen LogP contribution < -0.4 is 4.90 Å². The summed E-state index contributed by atoms with van der Waals surface area (Å²) in [5, 5.41) is 9.25. The monoisotopic (exact) mass is 324 g/mol. The Kier molecular flexibility index (Phi) is 3.56. The zero-order valence-corrected chi connectivity index (χ0v) is 12.6. The summed E-state index contributed by atoms with van der Waals surface area (Å²) >= 11 is 0. The molecule has 118 valence electrons.